The molecule has 0 N–H and O–H groups in total. The summed E-state index contributed by atoms with van der Waals surface area (Å²) in [6, 6.07) is 32.9. The van der Waals surface area contributed by atoms with Gasteiger partial charge in [0.05, 0.1) is 5.54 Å². The lowest BCUT2D eigenvalue weighted by molar-refractivity contribution is 0.153. The van der Waals surface area contributed by atoms with Gasteiger partial charge in [-0.3, -0.25) is 4.90 Å². The van der Waals surface area contributed by atoms with Gasteiger partial charge in [-0.05, 0) is 35.6 Å². The van der Waals surface area contributed by atoms with Crippen molar-refractivity contribution in [3.8, 4) is 0 Å². The topological polar surface area (TPSA) is 21.1 Å². The van der Waals surface area contributed by atoms with E-state index in [1.54, 1.807) is 0 Å². The van der Waals surface area contributed by atoms with Crippen LogP contribution in [0.1, 0.15) is 35.4 Å². The molecule has 5 rings (SSSR count). The molecule has 1 aliphatic rings. The third kappa shape index (κ3) is 3.69. The van der Waals surface area contributed by atoms with Gasteiger partial charge in [0, 0.05) is 32.5 Å². The normalized spacial score (nSPS) is 16.3. The van der Waals surface area contributed by atoms with E-state index in [-0.39, 0.29) is 5.54 Å². The van der Waals surface area contributed by atoms with Crippen molar-refractivity contribution < 1.29 is 0 Å². The van der Waals surface area contributed by atoms with Crippen LogP contribution in [0.25, 0.3) is 6.08 Å². The molecule has 2 heterocycles. The Morgan fingerprint density at radius 1 is 0.781 bits per heavy atom. The zero-order valence-corrected chi connectivity index (χ0v) is 18.6. The molecule has 0 amide bonds. The Hall–Kier alpha value is -3.43. The quantitative estimate of drug-likeness (QED) is 0.376. The fourth-order valence-electron chi connectivity index (χ4n) is 5.09. The summed E-state index contributed by atoms with van der Waals surface area (Å²) in [5.74, 6) is 1.02. The van der Waals surface area contributed by atoms with Crippen molar-refractivity contribution in [3.63, 3.8) is 0 Å². The van der Waals surface area contributed by atoms with Crippen molar-refractivity contribution in [1.29, 1.82) is 0 Å². The summed E-state index contributed by atoms with van der Waals surface area (Å²) >= 11 is 0. The summed E-state index contributed by atoms with van der Waals surface area (Å²) in [4.78, 5) is 7.20. The molecule has 160 valence electrons. The van der Waals surface area contributed by atoms with E-state index in [4.69, 9.17) is 0 Å². The van der Waals surface area contributed by atoms with Crippen LogP contribution in [0, 0.1) is 0 Å². The molecule has 4 aromatic rings. The number of aromatic nitrogens is 2. The Labute approximate surface area is 190 Å². The van der Waals surface area contributed by atoms with E-state index in [0.29, 0.717) is 0 Å². The minimum absolute atomic E-state index is 0.356. The second-order valence-corrected chi connectivity index (χ2v) is 8.53. The highest BCUT2D eigenvalue weighted by Gasteiger charge is 2.42. The van der Waals surface area contributed by atoms with Crippen LogP contribution in [0.15, 0.2) is 109 Å². The molecule has 0 atom stereocenters. The standard InChI is InChI=1S/C29H29N3/c1-31-21-19-30-28(31)22-24-12-11-20-32(23-24)29(25-13-5-2-6-14-25,26-15-7-3-8-16-26)27-17-9-4-10-18-27/h2-10,13-19,21-22H,11-12,20,23H2,1H3/b24-22+. The first-order valence-electron chi connectivity index (χ1n) is 11.4. The average molecular weight is 420 g/mol. The van der Waals surface area contributed by atoms with Crippen LogP contribution < -0.4 is 0 Å². The first-order chi connectivity index (χ1) is 15.8. The van der Waals surface area contributed by atoms with Crippen LogP contribution in [0.5, 0.6) is 0 Å². The molecule has 32 heavy (non-hydrogen) atoms. The molecule has 1 aliphatic heterocycles. The van der Waals surface area contributed by atoms with Crippen molar-refractivity contribution in [3.05, 3.63) is 131 Å². The maximum atomic E-state index is 4.54. The summed E-state index contributed by atoms with van der Waals surface area (Å²) < 4.78 is 2.09. The lowest BCUT2D eigenvalue weighted by Gasteiger charge is -2.48. The van der Waals surface area contributed by atoms with Gasteiger partial charge in [-0.2, -0.15) is 0 Å². The highest BCUT2D eigenvalue weighted by molar-refractivity contribution is 5.52. The number of hydrogen-bond acceptors (Lipinski definition) is 2. The molecular weight excluding hydrogens is 390 g/mol. The highest BCUT2D eigenvalue weighted by Crippen LogP contribution is 2.44. The predicted molar refractivity (Wildman–Crippen MR) is 131 cm³/mol. The number of benzene rings is 3. The number of nitrogens with zero attached hydrogens (tertiary/aromatic N) is 3. The lowest BCUT2D eigenvalue weighted by Crippen LogP contribution is -2.50. The first kappa shape index (κ1) is 20.5. The maximum absolute atomic E-state index is 4.54. The van der Waals surface area contributed by atoms with Crippen molar-refractivity contribution in [1.82, 2.24) is 14.5 Å². The molecule has 3 aromatic carbocycles. The monoisotopic (exact) mass is 419 g/mol. The molecular formula is C29H29N3. The molecule has 0 radical (unpaired) electrons. The highest BCUT2D eigenvalue weighted by atomic mass is 15.2. The van der Waals surface area contributed by atoms with Gasteiger partial charge >= 0.3 is 0 Å². The number of likely N-dealkylation sites (tertiary alicyclic amines) is 1. The number of imidazole rings is 1. The Kier molecular flexibility index (Phi) is 5.74. The van der Waals surface area contributed by atoms with Gasteiger partial charge in [-0.25, -0.2) is 4.98 Å². The minimum Gasteiger partial charge on any atom is -0.335 e. The molecule has 3 heteroatoms. The van der Waals surface area contributed by atoms with Gasteiger partial charge in [0.15, 0.2) is 0 Å². The van der Waals surface area contributed by atoms with Crippen molar-refractivity contribution in [2.45, 2.75) is 18.4 Å². The summed E-state index contributed by atoms with van der Waals surface area (Å²) in [5.41, 5.74) is 4.98. The maximum Gasteiger partial charge on any atom is 0.132 e. The SMILES string of the molecule is Cn1ccnc1/C=C1\CCCN(C(c2ccccc2)(c2ccccc2)c2ccccc2)C1. The zero-order valence-electron chi connectivity index (χ0n) is 18.6. The van der Waals surface area contributed by atoms with Gasteiger partial charge in [0.1, 0.15) is 5.82 Å². The van der Waals surface area contributed by atoms with E-state index in [2.05, 4.69) is 119 Å². The third-order valence-electron chi connectivity index (χ3n) is 6.56. The molecule has 3 nitrogen and oxygen atoms in total. The summed E-state index contributed by atoms with van der Waals surface area (Å²) in [6.45, 7) is 1.95. The fraction of sp³-hybridized carbons (Fsp3) is 0.207. The molecule has 0 bridgehead atoms. The largest absolute Gasteiger partial charge is 0.335 e. The third-order valence-corrected chi connectivity index (χ3v) is 6.56. The van der Waals surface area contributed by atoms with E-state index in [0.717, 1.165) is 31.8 Å². The van der Waals surface area contributed by atoms with Crippen LogP contribution in [0.3, 0.4) is 0 Å². The lowest BCUT2D eigenvalue weighted by atomic mass is 9.74. The number of hydrogen-bond donors (Lipinski definition) is 0. The molecule has 0 unspecified atom stereocenters. The average Bonchev–Trinajstić information content (AvgIpc) is 3.26. The van der Waals surface area contributed by atoms with E-state index in [9.17, 15) is 0 Å². The number of rotatable bonds is 5. The number of piperidine rings is 1. The van der Waals surface area contributed by atoms with Gasteiger partial charge in [-0.1, -0.05) is 96.6 Å². The van der Waals surface area contributed by atoms with Crippen LogP contribution in [0.2, 0.25) is 0 Å². The van der Waals surface area contributed by atoms with Gasteiger partial charge in [0.25, 0.3) is 0 Å². The van der Waals surface area contributed by atoms with E-state index in [1.807, 2.05) is 12.4 Å². The minimum atomic E-state index is -0.356. The Bertz CT molecular complexity index is 1080. The second kappa shape index (κ2) is 8.97. The summed E-state index contributed by atoms with van der Waals surface area (Å²) in [6.07, 6.45) is 8.39. The second-order valence-electron chi connectivity index (χ2n) is 8.53. The Morgan fingerprint density at radius 3 is 1.78 bits per heavy atom. The van der Waals surface area contributed by atoms with Crippen molar-refractivity contribution >= 4 is 6.08 Å². The van der Waals surface area contributed by atoms with Gasteiger partial charge in [-0.15, -0.1) is 0 Å². The molecule has 0 spiro atoms. The van der Waals surface area contributed by atoms with Crippen molar-refractivity contribution in [2.75, 3.05) is 13.1 Å². The van der Waals surface area contributed by atoms with Crippen LogP contribution in [-0.2, 0) is 12.6 Å². The fourth-order valence-corrected chi connectivity index (χ4v) is 5.09. The summed E-state index contributed by atoms with van der Waals surface area (Å²) in [5, 5.41) is 0. The van der Waals surface area contributed by atoms with Gasteiger partial charge in [0.2, 0.25) is 0 Å². The van der Waals surface area contributed by atoms with E-state index in [1.165, 1.54) is 22.3 Å². The molecule has 1 aromatic heterocycles. The molecule has 1 saturated heterocycles. The number of aryl methyl sites for hydroxylation is 1. The smallest absolute Gasteiger partial charge is 0.132 e. The van der Waals surface area contributed by atoms with Crippen LogP contribution >= 0.6 is 0 Å². The molecule has 1 fully saturated rings. The first-order valence-corrected chi connectivity index (χ1v) is 11.4. The zero-order chi connectivity index (χ0) is 21.8. The van der Waals surface area contributed by atoms with Gasteiger partial charge < -0.3 is 4.57 Å². The molecule has 0 aliphatic carbocycles. The molecule has 0 saturated carbocycles. The van der Waals surface area contributed by atoms with E-state index >= 15 is 0 Å². The van der Waals surface area contributed by atoms with Crippen LogP contribution in [-0.4, -0.2) is 27.5 Å². The predicted octanol–water partition coefficient (Wildman–Crippen LogP) is 5.89. The van der Waals surface area contributed by atoms with E-state index < -0.39 is 0 Å². The van der Waals surface area contributed by atoms with Crippen LogP contribution in [0.4, 0.5) is 0 Å². The van der Waals surface area contributed by atoms with Crippen molar-refractivity contribution in [2.24, 2.45) is 7.05 Å². The summed E-state index contributed by atoms with van der Waals surface area (Å²) in [7, 11) is 2.06. The Balaban J connectivity index is 1.69. The Morgan fingerprint density at radius 2 is 1.31 bits per heavy atom.